The quantitative estimate of drug-likeness (QED) is 0.877. The molecule has 18 heavy (non-hydrogen) atoms. The lowest BCUT2D eigenvalue weighted by molar-refractivity contribution is 0.208. The number of hydrogen-bond donors (Lipinski definition) is 1. The van der Waals surface area contributed by atoms with Gasteiger partial charge in [0, 0.05) is 12.6 Å². The summed E-state index contributed by atoms with van der Waals surface area (Å²) in [6.45, 7) is 5.22. The van der Waals surface area contributed by atoms with Gasteiger partial charge in [-0.05, 0) is 59.3 Å². The summed E-state index contributed by atoms with van der Waals surface area (Å²) in [6, 6.07) is 6.89. The maximum Gasteiger partial charge on any atom is 0.133 e. The Morgan fingerprint density at radius 2 is 2.06 bits per heavy atom. The molecular formula is C15H22BrNO. The van der Waals surface area contributed by atoms with Crippen LogP contribution in [-0.4, -0.2) is 12.1 Å². The molecule has 1 N–H and O–H groups in total. The van der Waals surface area contributed by atoms with E-state index in [-0.39, 0.29) is 0 Å². The highest BCUT2D eigenvalue weighted by molar-refractivity contribution is 9.10. The summed E-state index contributed by atoms with van der Waals surface area (Å²) in [7, 11) is 0. The summed E-state index contributed by atoms with van der Waals surface area (Å²) in [5, 5.41) is 3.42. The molecule has 1 aromatic rings. The van der Waals surface area contributed by atoms with Gasteiger partial charge in [0.1, 0.15) is 5.75 Å². The molecule has 1 saturated carbocycles. The maximum atomic E-state index is 6.02. The van der Waals surface area contributed by atoms with Crippen molar-refractivity contribution in [1.29, 1.82) is 0 Å². The summed E-state index contributed by atoms with van der Waals surface area (Å²) in [5.41, 5.74) is 1.29. The number of benzene rings is 1. The van der Waals surface area contributed by atoms with Gasteiger partial charge in [-0.1, -0.05) is 19.9 Å². The zero-order valence-corrected chi connectivity index (χ0v) is 12.8. The average Bonchev–Trinajstić information content (AvgIpc) is 2.82. The fourth-order valence-corrected chi connectivity index (χ4v) is 2.78. The fraction of sp³-hybridized carbons (Fsp3) is 0.600. The fourth-order valence-electron chi connectivity index (χ4n) is 2.26. The topological polar surface area (TPSA) is 21.3 Å². The van der Waals surface area contributed by atoms with Crippen LogP contribution in [0.1, 0.15) is 45.1 Å². The van der Waals surface area contributed by atoms with Gasteiger partial charge in [-0.15, -0.1) is 0 Å². The van der Waals surface area contributed by atoms with E-state index in [4.69, 9.17) is 4.74 Å². The third-order valence-corrected chi connectivity index (χ3v) is 3.93. The van der Waals surface area contributed by atoms with Crippen LogP contribution in [0.3, 0.4) is 0 Å². The van der Waals surface area contributed by atoms with Crippen LogP contribution in [0, 0.1) is 0 Å². The summed E-state index contributed by atoms with van der Waals surface area (Å²) in [4.78, 5) is 0. The maximum absolute atomic E-state index is 6.02. The molecule has 0 spiro atoms. The van der Waals surface area contributed by atoms with Crippen molar-refractivity contribution in [2.45, 2.75) is 58.2 Å². The molecule has 1 aromatic carbocycles. The predicted molar refractivity (Wildman–Crippen MR) is 79.0 cm³/mol. The second-order valence-corrected chi connectivity index (χ2v) is 6.18. The van der Waals surface area contributed by atoms with Gasteiger partial charge in [-0.25, -0.2) is 0 Å². The van der Waals surface area contributed by atoms with Crippen molar-refractivity contribution in [3.8, 4) is 5.75 Å². The third-order valence-electron chi connectivity index (χ3n) is 3.31. The van der Waals surface area contributed by atoms with Crippen LogP contribution >= 0.6 is 15.9 Å². The Bertz CT molecular complexity index is 386. The molecule has 2 rings (SSSR count). The lowest BCUT2D eigenvalue weighted by Gasteiger charge is -2.15. The van der Waals surface area contributed by atoms with E-state index in [0.29, 0.717) is 12.1 Å². The summed E-state index contributed by atoms with van der Waals surface area (Å²) < 4.78 is 7.09. The monoisotopic (exact) mass is 311 g/mol. The third kappa shape index (κ3) is 3.99. The number of hydrogen-bond acceptors (Lipinski definition) is 2. The van der Waals surface area contributed by atoms with Crippen LogP contribution in [-0.2, 0) is 6.54 Å². The van der Waals surface area contributed by atoms with Gasteiger partial charge >= 0.3 is 0 Å². The van der Waals surface area contributed by atoms with Gasteiger partial charge in [-0.2, -0.15) is 0 Å². The zero-order chi connectivity index (χ0) is 13.0. The molecule has 0 amide bonds. The first-order chi connectivity index (χ1) is 8.65. The summed E-state index contributed by atoms with van der Waals surface area (Å²) in [6.07, 6.45) is 5.42. The van der Waals surface area contributed by atoms with Gasteiger partial charge in [0.05, 0.1) is 10.6 Å². The zero-order valence-electron chi connectivity index (χ0n) is 11.2. The Labute approximate surface area is 118 Å². The lowest BCUT2D eigenvalue weighted by Crippen LogP contribution is -2.21. The Kier molecular flexibility index (Phi) is 5.07. The minimum atomic E-state index is 0.418. The Hall–Kier alpha value is -0.540. The van der Waals surface area contributed by atoms with Crippen LogP contribution in [0.25, 0.3) is 0 Å². The van der Waals surface area contributed by atoms with Crippen molar-refractivity contribution in [2.24, 2.45) is 0 Å². The molecule has 1 fully saturated rings. The van der Waals surface area contributed by atoms with Crippen molar-refractivity contribution < 1.29 is 4.74 Å². The summed E-state index contributed by atoms with van der Waals surface area (Å²) >= 11 is 3.61. The van der Waals surface area contributed by atoms with Crippen LogP contribution < -0.4 is 10.1 Å². The standard InChI is InChI=1S/C15H22BrNO/c1-11(2)17-10-12-7-8-15(14(16)9-12)18-13-5-3-4-6-13/h7-9,11,13,17H,3-6,10H2,1-2H3. The molecular weight excluding hydrogens is 290 g/mol. The van der Waals surface area contributed by atoms with Crippen molar-refractivity contribution in [3.63, 3.8) is 0 Å². The number of halogens is 1. The molecule has 100 valence electrons. The van der Waals surface area contributed by atoms with E-state index in [1.807, 2.05) is 0 Å². The Morgan fingerprint density at radius 1 is 1.33 bits per heavy atom. The van der Waals surface area contributed by atoms with Gasteiger partial charge < -0.3 is 10.1 Å². The van der Waals surface area contributed by atoms with E-state index in [0.717, 1.165) is 16.8 Å². The van der Waals surface area contributed by atoms with E-state index < -0.39 is 0 Å². The lowest BCUT2D eigenvalue weighted by atomic mass is 10.2. The van der Waals surface area contributed by atoms with Gasteiger partial charge in [-0.3, -0.25) is 0 Å². The van der Waals surface area contributed by atoms with E-state index in [1.165, 1.54) is 31.2 Å². The molecule has 3 heteroatoms. The van der Waals surface area contributed by atoms with Crippen LogP contribution in [0.5, 0.6) is 5.75 Å². The van der Waals surface area contributed by atoms with E-state index in [9.17, 15) is 0 Å². The first kappa shape index (κ1) is 13.9. The number of rotatable bonds is 5. The predicted octanol–water partition coefficient (Wildman–Crippen LogP) is 4.27. The second-order valence-electron chi connectivity index (χ2n) is 5.32. The smallest absolute Gasteiger partial charge is 0.133 e. The van der Waals surface area contributed by atoms with E-state index >= 15 is 0 Å². The molecule has 0 unspecified atom stereocenters. The van der Waals surface area contributed by atoms with Crippen LogP contribution in [0.4, 0.5) is 0 Å². The normalized spacial score (nSPS) is 16.4. The SMILES string of the molecule is CC(C)NCc1ccc(OC2CCCC2)c(Br)c1. The number of nitrogens with one attached hydrogen (secondary N) is 1. The number of ether oxygens (including phenoxy) is 1. The van der Waals surface area contributed by atoms with Crippen molar-refractivity contribution in [2.75, 3.05) is 0 Å². The van der Waals surface area contributed by atoms with Gasteiger partial charge in [0.15, 0.2) is 0 Å². The molecule has 1 aliphatic rings. The molecule has 1 aliphatic carbocycles. The highest BCUT2D eigenvalue weighted by Gasteiger charge is 2.17. The molecule has 0 bridgehead atoms. The molecule has 0 heterocycles. The van der Waals surface area contributed by atoms with E-state index in [1.54, 1.807) is 0 Å². The second kappa shape index (κ2) is 6.58. The molecule has 0 radical (unpaired) electrons. The molecule has 0 aliphatic heterocycles. The van der Waals surface area contributed by atoms with E-state index in [2.05, 4.69) is 53.3 Å². The summed E-state index contributed by atoms with van der Waals surface area (Å²) in [5.74, 6) is 0.982. The minimum absolute atomic E-state index is 0.418. The van der Waals surface area contributed by atoms with Crippen LogP contribution in [0.15, 0.2) is 22.7 Å². The molecule has 2 nitrogen and oxygen atoms in total. The minimum Gasteiger partial charge on any atom is -0.489 e. The Balaban J connectivity index is 1.95. The van der Waals surface area contributed by atoms with Gasteiger partial charge in [0.25, 0.3) is 0 Å². The molecule has 0 atom stereocenters. The first-order valence-electron chi connectivity index (χ1n) is 6.83. The Morgan fingerprint density at radius 3 is 2.67 bits per heavy atom. The van der Waals surface area contributed by atoms with Crippen molar-refractivity contribution >= 4 is 15.9 Å². The first-order valence-corrected chi connectivity index (χ1v) is 7.63. The molecule has 0 saturated heterocycles. The van der Waals surface area contributed by atoms with Crippen LogP contribution in [0.2, 0.25) is 0 Å². The van der Waals surface area contributed by atoms with Crippen molar-refractivity contribution in [3.05, 3.63) is 28.2 Å². The van der Waals surface area contributed by atoms with Crippen molar-refractivity contribution in [1.82, 2.24) is 5.32 Å². The molecule has 0 aromatic heterocycles. The van der Waals surface area contributed by atoms with Gasteiger partial charge in [0.2, 0.25) is 0 Å². The average molecular weight is 312 g/mol. The highest BCUT2D eigenvalue weighted by atomic mass is 79.9. The largest absolute Gasteiger partial charge is 0.489 e. The highest BCUT2D eigenvalue weighted by Crippen LogP contribution is 2.30.